The molecule has 0 radical (unpaired) electrons. The molecule has 3 heterocycles. The third-order valence-corrected chi connectivity index (χ3v) is 7.53. The number of hydrogen-bond acceptors (Lipinski definition) is 4. The Morgan fingerprint density at radius 2 is 1.87 bits per heavy atom. The highest BCUT2D eigenvalue weighted by Gasteiger charge is 2.40. The molecule has 3 atom stereocenters. The van der Waals surface area contributed by atoms with Crippen LogP contribution in [0.25, 0.3) is 5.65 Å². The highest BCUT2D eigenvalue weighted by molar-refractivity contribution is 5.90. The van der Waals surface area contributed by atoms with E-state index in [0.29, 0.717) is 22.3 Å². The molecule has 2 aromatic carbocycles. The van der Waals surface area contributed by atoms with E-state index in [-0.39, 0.29) is 31.1 Å². The van der Waals surface area contributed by atoms with Crippen molar-refractivity contribution in [3.63, 3.8) is 0 Å². The smallest absolute Gasteiger partial charge is 0.343 e. The van der Waals surface area contributed by atoms with Crippen molar-refractivity contribution in [2.24, 2.45) is 0 Å². The van der Waals surface area contributed by atoms with Crippen LogP contribution >= 0.6 is 0 Å². The first kappa shape index (κ1) is 25.0. The van der Waals surface area contributed by atoms with Crippen LogP contribution in [0.1, 0.15) is 53.5 Å². The van der Waals surface area contributed by atoms with Crippen molar-refractivity contribution >= 4 is 17.5 Å². The molecule has 39 heavy (non-hydrogen) atoms. The topological polar surface area (TPSA) is 99.6 Å². The Hall–Kier alpha value is -4.34. The van der Waals surface area contributed by atoms with Gasteiger partial charge in [-0.15, -0.1) is 0 Å². The maximum absolute atomic E-state index is 15.0. The zero-order valence-corrected chi connectivity index (χ0v) is 21.0. The van der Waals surface area contributed by atoms with Gasteiger partial charge in [-0.1, -0.05) is 48.5 Å². The molecule has 1 saturated carbocycles. The number of aromatic nitrogens is 3. The van der Waals surface area contributed by atoms with Gasteiger partial charge < -0.3 is 10.2 Å². The fourth-order valence-corrected chi connectivity index (χ4v) is 5.39. The number of alkyl halides is 1. The molecule has 2 aromatic heterocycles. The molecule has 1 aliphatic heterocycles. The van der Waals surface area contributed by atoms with Crippen molar-refractivity contribution in [3.05, 3.63) is 105 Å². The summed E-state index contributed by atoms with van der Waals surface area (Å²) in [6.45, 7) is -0.214. The zero-order valence-electron chi connectivity index (χ0n) is 21.0. The second-order valence-electron chi connectivity index (χ2n) is 10.2. The molecule has 2 aliphatic rings. The largest absolute Gasteiger partial charge is 0.347 e. The molecule has 10 heteroatoms. The van der Waals surface area contributed by atoms with E-state index >= 15 is 0 Å². The third kappa shape index (κ3) is 4.94. The van der Waals surface area contributed by atoms with Crippen LogP contribution in [0, 0.1) is 5.82 Å². The van der Waals surface area contributed by atoms with E-state index in [4.69, 9.17) is 0 Å². The predicted octanol–water partition coefficient (Wildman–Crippen LogP) is 3.43. The van der Waals surface area contributed by atoms with Gasteiger partial charge in [-0.25, -0.2) is 18.7 Å². The zero-order chi connectivity index (χ0) is 27.1. The molecular weight excluding hydrogens is 504 g/mol. The van der Waals surface area contributed by atoms with Gasteiger partial charge in [0.2, 0.25) is 11.8 Å². The van der Waals surface area contributed by atoms with Gasteiger partial charge in [0.15, 0.2) is 5.65 Å². The average molecular weight is 532 g/mol. The number of likely N-dealkylation sites (tertiary alicyclic amines) is 1. The molecule has 1 saturated heterocycles. The van der Waals surface area contributed by atoms with Gasteiger partial charge in [-0.2, -0.15) is 5.10 Å². The van der Waals surface area contributed by atoms with E-state index in [1.165, 1.54) is 21.6 Å². The van der Waals surface area contributed by atoms with Crippen molar-refractivity contribution in [1.29, 1.82) is 0 Å². The van der Waals surface area contributed by atoms with E-state index in [1.54, 1.807) is 18.2 Å². The number of nitrogens with zero attached hydrogens (tertiary/aromatic N) is 3. The summed E-state index contributed by atoms with van der Waals surface area (Å²) in [7, 11) is 0. The first-order valence-corrected chi connectivity index (χ1v) is 13.0. The lowest BCUT2D eigenvalue weighted by molar-refractivity contribution is -0.138. The Morgan fingerprint density at radius 1 is 1.08 bits per heavy atom. The van der Waals surface area contributed by atoms with Crippen LogP contribution < -0.4 is 11.0 Å². The summed E-state index contributed by atoms with van der Waals surface area (Å²) in [4.78, 5) is 40.0. The van der Waals surface area contributed by atoms with Gasteiger partial charge in [0, 0.05) is 18.2 Å². The predicted molar refractivity (Wildman–Crippen MR) is 139 cm³/mol. The fraction of sp³-hybridized carbons (Fsp3) is 0.310. The lowest BCUT2D eigenvalue weighted by atomic mass is 9.96. The average Bonchev–Trinajstić information content (AvgIpc) is 3.59. The molecule has 6 rings (SSSR count). The summed E-state index contributed by atoms with van der Waals surface area (Å²) >= 11 is 0. The number of aromatic amines is 1. The summed E-state index contributed by atoms with van der Waals surface area (Å²) in [5.41, 5.74) is 2.34. The quantitative estimate of drug-likeness (QED) is 0.382. The van der Waals surface area contributed by atoms with Crippen molar-refractivity contribution in [3.8, 4) is 0 Å². The Bertz CT molecular complexity index is 1600. The van der Waals surface area contributed by atoms with E-state index in [1.807, 2.05) is 36.4 Å². The lowest BCUT2D eigenvalue weighted by Gasteiger charge is -2.27. The standard InChI is InChI=1S/C29H27F2N5O3/c30-21-15-24(36(16-21)25(37)14-20-7-4-12-35-27(20)33-34-29(35)39)28(38)32-26(18-5-2-1-3-6-18)19-10-11-22(17-8-9-17)23(31)13-19/h1-7,10-13,17,21,24,26H,8-9,14-16H2,(H,32,38)(H,34,39)/t21-,24+,26+/m1/s1. The summed E-state index contributed by atoms with van der Waals surface area (Å²) in [6, 6.07) is 15.8. The summed E-state index contributed by atoms with van der Waals surface area (Å²) in [6.07, 6.45) is 1.82. The molecule has 200 valence electrons. The van der Waals surface area contributed by atoms with Crippen molar-refractivity contribution < 1.29 is 18.4 Å². The number of hydrogen-bond donors (Lipinski definition) is 2. The second kappa shape index (κ2) is 10.1. The van der Waals surface area contributed by atoms with Crippen molar-refractivity contribution in [2.45, 2.75) is 49.9 Å². The molecule has 0 spiro atoms. The Morgan fingerprint density at radius 3 is 2.62 bits per heavy atom. The molecule has 0 unspecified atom stereocenters. The van der Waals surface area contributed by atoms with E-state index < -0.39 is 35.8 Å². The number of rotatable bonds is 7. The van der Waals surface area contributed by atoms with E-state index in [9.17, 15) is 23.2 Å². The monoisotopic (exact) mass is 531 g/mol. The Kier molecular flexibility index (Phi) is 6.46. The molecule has 1 aliphatic carbocycles. The van der Waals surface area contributed by atoms with Crippen molar-refractivity contribution in [1.82, 2.24) is 24.8 Å². The fourth-order valence-electron chi connectivity index (χ4n) is 5.39. The van der Waals surface area contributed by atoms with Gasteiger partial charge in [0.25, 0.3) is 0 Å². The van der Waals surface area contributed by atoms with Crippen LogP contribution in [0.2, 0.25) is 0 Å². The number of amides is 2. The maximum Gasteiger partial charge on any atom is 0.347 e. The second-order valence-corrected chi connectivity index (χ2v) is 10.2. The number of H-pyrrole nitrogens is 1. The number of pyridine rings is 1. The van der Waals surface area contributed by atoms with Gasteiger partial charge in [-0.05, 0) is 47.6 Å². The molecule has 8 nitrogen and oxygen atoms in total. The SMILES string of the molecule is O=C(N[C@@H](c1ccccc1)c1ccc(C2CC2)c(F)c1)[C@@H]1C[C@@H](F)CN1C(=O)Cc1cccn2c(=O)[nH]nc12. The first-order chi connectivity index (χ1) is 18.9. The van der Waals surface area contributed by atoms with Gasteiger partial charge in [0.1, 0.15) is 18.0 Å². The molecule has 2 amide bonds. The highest BCUT2D eigenvalue weighted by Crippen LogP contribution is 2.42. The lowest BCUT2D eigenvalue weighted by Crippen LogP contribution is -2.47. The summed E-state index contributed by atoms with van der Waals surface area (Å²) < 4.78 is 30.9. The highest BCUT2D eigenvalue weighted by atomic mass is 19.1. The van der Waals surface area contributed by atoms with Gasteiger partial charge in [-0.3, -0.25) is 14.0 Å². The van der Waals surface area contributed by atoms with Crippen LogP contribution in [0.3, 0.4) is 0 Å². The molecular formula is C29H27F2N5O3. The number of halogens is 2. The maximum atomic E-state index is 15.0. The van der Waals surface area contributed by atoms with E-state index in [2.05, 4.69) is 15.5 Å². The minimum atomic E-state index is -1.36. The van der Waals surface area contributed by atoms with Crippen LogP contribution in [0.4, 0.5) is 8.78 Å². The summed E-state index contributed by atoms with van der Waals surface area (Å²) in [5, 5.41) is 9.27. The van der Waals surface area contributed by atoms with Gasteiger partial charge in [0.05, 0.1) is 19.0 Å². The first-order valence-electron chi connectivity index (χ1n) is 13.0. The molecule has 2 fully saturated rings. The molecule has 4 aromatic rings. The normalized spacial score (nSPS) is 19.8. The van der Waals surface area contributed by atoms with Crippen molar-refractivity contribution in [2.75, 3.05) is 6.54 Å². The molecule has 2 N–H and O–H groups in total. The number of nitrogens with one attached hydrogen (secondary N) is 2. The minimum absolute atomic E-state index is 0.139. The number of carbonyl (C=O) groups excluding carboxylic acids is 2. The summed E-state index contributed by atoms with van der Waals surface area (Å²) in [5.74, 6) is -1.03. The molecule has 0 bridgehead atoms. The number of benzene rings is 2. The Labute approximate surface area is 222 Å². The van der Waals surface area contributed by atoms with Gasteiger partial charge >= 0.3 is 5.69 Å². The van der Waals surface area contributed by atoms with Crippen LogP contribution in [0.5, 0.6) is 0 Å². The van der Waals surface area contributed by atoms with Crippen LogP contribution in [-0.2, 0) is 16.0 Å². The third-order valence-electron chi connectivity index (χ3n) is 7.53. The van der Waals surface area contributed by atoms with Crippen LogP contribution in [0.15, 0.2) is 71.7 Å². The van der Waals surface area contributed by atoms with E-state index in [0.717, 1.165) is 18.4 Å². The van der Waals surface area contributed by atoms with Crippen LogP contribution in [-0.4, -0.2) is 50.1 Å². The Balaban J connectivity index is 1.25. The number of carbonyl (C=O) groups is 2. The number of fused-ring (bicyclic) bond motifs is 1. The minimum Gasteiger partial charge on any atom is -0.343 e.